The first-order valence-corrected chi connectivity index (χ1v) is 13.2. The summed E-state index contributed by atoms with van der Waals surface area (Å²) in [6.45, 7) is 6.44. The molecule has 0 aromatic heterocycles. The Balaban J connectivity index is 2.97. The lowest BCUT2D eigenvalue weighted by Crippen LogP contribution is -2.42. The molecule has 0 aliphatic rings. The number of benzene rings is 2. The molecule has 40 heavy (non-hydrogen) atoms. The van der Waals surface area contributed by atoms with Gasteiger partial charge in [0.25, 0.3) is 0 Å². The van der Waals surface area contributed by atoms with Crippen molar-refractivity contribution in [3.63, 3.8) is 0 Å². The van der Waals surface area contributed by atoms with Crippen molar-refractivity contribution in [2.24, 2.45) is 11.8 Å². The molecule has 0 fully saturated rings. The average Bonchev–Trinajstić information content (AvgIpc) is 2.95. The molecule has 2 rings (SSSR count). The van der Waals surface area contributed by atoms with E-state index in [1.165, 1.54) is 14.2 Å². The zero-order valence-corrected chi connectivity index (χ0v) is 23.8. The highest BCUT2D eigenvalue weighted by Gasteiger charge is 2.50. The minimum Gasteiger partial charge on any atom is -0.497 e. The van der Waals surface area contributed by atoms with Crippen molar-refractivity contribution in [1.82, 2.24) is 0 Å². The smallest absolute Gasteiger partial charge is 0.320 e. The number of hydrogen-bond donors (Lipinski definition) is 0. The average molecular weight is 559 g/mol. The normalized spacial score (nSPS) is 12.3. The van der Waals surface area contributed by atoms with Gasteiger partial charge in [0.05, 0.1) is 40.6 Å². The summed E-state index contributed by atoms with van der Waals surface area (Å²) < 4.78 is 31.9. The van der Waals surface area contributed by atoms with E-state index >= 15 is 0 Å². The van der Waals surface area contributed by atoms with Crippen LogP contribution in [0.25, 0.3) is 0 Å². The fourth-order valence-corrected chi connectivity index (χ4v) is 4.57. The molecule has 0 spiro atoms. The fourth-order valence-electron chi connectivity index (χ4n) is 4.57. The Hall–Kier alpha value is -4.08. The SMILES string of the molecule is CCOC(=O)C(C(=O)OCC)[C@H](c1ccc(OC)cc1)[C@@H](c1ccc(OC)cc1)C(C(=O)OCC)C(=O)OCC. The maximum atomic E-state index is 13.4. The van der Waals surface area contributed by atoms with Gasteiger partial charge in [-0.25, -0.2) is 0 Å². The Labute approximate surface area is 234 Å². The van der Waals surface area contributed by atoms with E-state index in [-0.39, 0.29) is 26.4 Å². The molecule has 2 aromatic carbocycles. The predicted molar refractivity (Wildman–Crippen MR) is 145 cm³/mol. The maximum Gasteiger partial charge on any atom is 0.320 e. The van der Waals surface area contributed by atoms with Crippen LogP contribution >= 0.6 is 0 Å². The minimum absolute atomic E-state index is 0.00352. The highest BCUT2D eigenvalue weighted by Crippen LogP contribution is 2.46. The Bertz CT molecular complexity index is 985. The summed E-state index contributed by atoms with van der Waals surface area (Å²) in [6.07, 6.45) is 0. The van der Waals surface area contributed by atoms with Crippen LogP contribution in [-0.4, -0.2) is 64.5 Å². The monoisotopic (exact) mass is 558 g/mol. The Kier molecular flexibility index (Phi) is 13.0. The van der Waals surface area contributed by atoms with E-state index in [4.69, 9.17) is 28.4 Å². The second kappa shape index (κ2) is 16.1. The number of rotatable bonds is 15. The van der Waals surface area contributed by atoms with Crippen LogP contribution in [0.4, 0.5) is 0 Å². The Morgan fingerprint density at radius 2 is 0.750 bits per heavy atom. The van der Waals surface area contributed by atoms with Gasteiger partial charge in [0, 0.05) is 11.8 Å². The van der Waals surface area contributed by atoms with Crippen molar-refractivity contribution < 1.29 is 47.6 Å². The second-order valence-electron chi connectivity index (χ2n) is 8.56. The van der Waals surface area contributed by atoms with Crippen LogP contribution in [0.15, 0.2) is 48.5 Å². The van der Waals surface area contributed by atoms with Gasteiger partial charge in [0.2, 0.25) is 0 Å². The van der Waals surface area contributed by atoms with Crippen LogP contribution in [0.1, 0.15) is 50.7 Å². The highest BCUT2D eigenvalue weighted by atomic mass is 16.6. The number of esters is 4. The molecule has 10 nitrogen and oxygen atoms in total. The lowest BCUT2D eigenvalue weighted by molar-refractivity contribution is -0.169. The molecule has 2 aromatic rings. The topological polar surface area (TPSA) is 124 Å². The van der Waals surface area contributed by atoms with Gasteiger partial charge in [0.15, 0.2) is 11.8 Å². The highest BCUT2D eigenvalue weighted by molar-refractivity contribution is 5.99. The molecular formula is C30H38O10. The summed E-state index contributed by atoms with van der Waals surface area (Å²) >= 11 is 0. The van der Waals surface area contributed by atoms with Gasteiger partial charge in [-0.2, -0.15) is 0 Å². The van der Waals surface area contributed by atoms with Gasteiger partial charge < -0.3 is 28.4 Å². The maximum absolute atomic E-state index is 13.4. The molecule has 0 saturated heterocycles. The molecule has 0 saturated carbocycles. The number of ether oxygens (including phenoxy) is 6. The summed E-state index contributed by atoms with van der Waals surface area (Å²) in [5.74, 6) is -7.66. The van der Waals surface area contributed by atoms with E-state index in [1.807, 2.05) is 0 Å². The lowest BCUT2D eigenvalue weighted by atomic mass is 9.68. The van der Waals surface area contributed by atoms with E-state index in [0.29, 0.717) is 22.6 Å². The molecule has 0 aliphatic heterocycles. The summed E-state index contributed by atoms with van der Waals surface area (Å²) in [6, 6.07) is 13.3. The van der Waals surface area contributed by atoms with Crippen LogP contribution in [0.3, 0.4) is 0 Å². The van der Waals surface area contributed by atoms with E-state index in [0.717, 1.165) is 0 Å². The van der Waals surface area contributed by atoms with Gasteiger partial charge in [-0.1, -0.05) is 24.3 Å². The van der Waals surface area contributed by atoms with Gasteiger partial charge in [0.1, 0.15) is 11.5 Å². The molecular weight excluding hydrogens is 520 g/mol. The third-order valence-corrected chi connectivity index (χ3v) is 6.27. The van der Waals surface area contributed by atoms with Crippen LogP contribution in [-0.2, 0) is 38.1 Å². The number of carbonyl (C=O) groups is 4. The van der Waals surface area contributed by atoms with Crippen LogP contribution in [0.5, 0.6) is 11.5 Å². The summed E-state index contributed by atoms with van der Waals surface area (Å²) in [7, 11) is 3.01. The van der Waals surface area contributed by atoms with Crippen molar-refractivity contribution in [2.75, 3.05) is 40.6 Å². The largest absolute Gasteiger partial charge is 0.497 e. The third kappa shape index (κ3) is 7.97. The Morgan fingerprint density at radius 3 is 0.950 bits per heavy atom. The molecule has 0 radical (unpaired) electrons. The molecule has 0 unspecified atom stereocenters. The molecule has 0 amide bonds. The number of hydrogen-bond acceptors (Lipinski definition) is 10. The zero-order valence-electron chi connectivity index (χ0n) is 23.8. The van der Waals surface area contributed by atoms with Crippen molar-refractivity contribution >= 4 is 23.9 Å². The van der Waals surface area contributed by atoms with Crippen molar-refractivity contribution in [3.8, 4) is 11.5 Å². The molecule has 10 heteroatoms. The van der Waals surface area contributed by atoms with Crippen molar-refractivity contribution in [2.45, 2.75) is 39.5 Å². The molecule has 0 aliphatic carbocycles. The number of carbonyl (C=O) groups excluding carboxylic acids is 4. The molecule has 0 heterocycles. The summed E-state index contributed by atoms with van der Waals surface area (Å²) in [5.41, 5.74) is 0.928. The van der Waals surface area contributed by atoms with E-state index in [2.05, 4.69) is 0 Å². The first kappa shape index (κ1) is 32.1. The van der Waals surface area contributed by atoms with Gasteiger partial charge in [-0.15, -0.1) is 0 Å². The van der Waals surface area contributed by atoms with Crippen molar-refractivity contribution in [3.05, 3.63) is 59.7 Å². The summed E-state index contributed by atoms with van der Waals surface area (Å²) in [5, 5.41) is 0. The van der Waals surface area contributed by atoms with E-state index in [9.17, 15) is 19.2 Å². The Morgan fingerprint density at radius 1 is 0.500 bits per heavy atom. The lowest BCUT2D eigenvalue weighted by Gasteiger charge is -2.35. The fraction of sp³-hybridized carbons (Fsp3) is 0.467. The van der Waals surface area contributed by atoms with Gasteiger partial charge in [-0.05, 0) is 63.1 Å². The molecule has 2 atom stereocenters. The standard InChI is InChI=1S/C30H38O10/c1-7-37-27(31)25(28(32)38-8-2)23(19-11-15-21(35-5)16-12-19)24(20-13-17-22(36-6)18-14-20)26(29(33)39-9-3)30(34)40-10-4/h11-18,23-26H,7-10H2,1-6H3/t23-,24-/m1/s1. The van der Waals surface area contributed by atoms with E-state index < -0.39 is 47.5 Å². The van der Waals surface area contributed by atoms with Gasteiger partial charge >= 0.3 is 23.9 Å². The summed E-state index contributed by atoms with van der Waals surface area (Å²) in [4.78, 5) is 53.8. The first-order chi connectivity index (χ1) is 19.3. The van der Waals surface area contributed by atoms with Crippen LogP contribution in [0, 0.1) is 11.8 Å². The molecule has 0 N–H and O–H groups in total. The van der Waals surface area contributed by atoms with Crippen LogP contribution < -0.4 is 9.47 Å². The second-order valence-corrected chi connectivity index (χ2v) is 8.56. The quantitative estimate of drug-likeness (QED) is 0.180. The molecule has 0 bridgehead atoms. The van der Waals surface area contributed by atoms with Crippen molar-refractivity contribution in [1.29, 1.82) is 0 Å². The third-order valence-electron chi connectivity index (χ3n) is 6.27. The zero-order chi connectivity index (χ0) is 29.7. The van der Waals surface area contributed by atoms with Gasteiger partial charge in [-0.3, -0.25) is 19.2 Å². The number of methoxy groups -OCH3 is 2. The predicted octanol–water partition coefficient (Wildman–Crippen LogP) is 4.06. The van der Waals surface area contributed by atoms with Crippen LogP contribution in [0.2, 0.25) is 0 Å². The molecule has 218 valence electrons. The van der Waals surface area contributed by atoms with E-state index in [1.54, 1.807) is 76.2 Å². The minimum atomic E-state index is -1.54. The first-order valence-electron chi connectivity index (χ1n) is 13.2.